The van der Waals surface area contributed by atoms with Crippen molar-refractivity contribution in [3.8, 4) is 10.4 Å². The van der Waals surface area contributed by atoms with Gasteiger partial charge in [-0.3, -0.25) is 0 Å². The molecular weight excluding hydrogens is 529 g/mol. The van der Waals surface area contributed by atoms with Gasteiger partial charge in [-0.25, -0.2) is 19.7 Å². The van der Waals surface area contributed by atoms with Crippen molar-refractivity contribution in [2.45, 2.75) is 50.3 Å². The number of nitrogens with one attached hydrogen (secondary N) is 1. The number of rotatable bonds is 6. The highest BCUT2D eigenvalue weighted by Gasteiger charge is 2.39. The Morgan fingerprint density at radius 3 is 2.62 bits per heavy atom. The number of aliphatic hydroxyl groups is 1. The van der Waals surface area contributed by atoms with Gasteiger partial charge in [-0.05, 0) is 85.5 Å². The highest BCUT2D eigenvalue weighted by atomic mass is 32.1. The van der Waals surface area contributed by atoms with E-state index < -0.39 is 23.4 Å². The molecular formula is C28H25F3N4O3S. The summed E-state index contributed by atoms with van der Waals surface area (Å²) in [5, 5.41) is 24.2. The van der Waals surface area contributed by atoms with Crippen LogP contribution in [-0.2, 0) is 11.8 Å². The van der Waals surface area contributed by atoms with Gasteiger partial charge in [-0.2, -0.15) is 13.2 Å². The second-order valence-corrected chi connectivity index (χ2v) is 10.8. The van der Waals surface area contributed by atoms with Crippen LogP contribution >= 0.6 is 11.3 Å². The van der Waals surface area contributed by atoms with Crippen LogP contribution in [0.4, 0.5) is 24.8 Å². The highest BCUT2D eigenvalue weighted by Crippen LogP contribution is 2.46. The van der Waals surface area contributed by atoms with Gasteiger partial charge in [0.05, 0.1) is 10.4 Å². The number of halogens is 3. The van der Waals surface area contributed by atoms with Crippen LogP contribution in [0.1, 0.15) is 63.8 Å². The average Bonchev–Trinajstić information content (AvgIpc) is 3.40. The molecule has 39 heavy (non-hydrogen) atoms. The van der Waals surface area contributed by atoms with E-state index in [1.54, 1.807) is 30.5 Å². The van der Waals surface area contributed by atoms with E-state index in [0.29, 0.717) is 23.5 Å². The van der Waals surface area contributed by atoms with Crippen LogP contribution in [-0.4, -0.2) is 31.1 Å². The summed E-state index contributed by atoms with van der Waals surface area (Å²) in [6.45, 7) is 1.87. The highest BCUT2D eigenvalue weighted by molar-refractivity contribution is 7.15. The van der Waals surface area contributed by atoms with E-state index in [4.69, 9.17) is 5.11 Å². The van der Waals surface area contributed by atoms with E-state index in [9.17, 15) is 23.1 Å². The molecule has 2 heterocycles. The molecule has 0 saturated heterocycles. The van der Waals surface area contributed by atoms with E-state index in [-0.39, 0.29) is 17.4 Å². The van der Waals surface area contributed by atoms with Gasteiger partial charge in [-0.1, -0.05) is 18.2 Å². The van der Waals surface area contributed by atoms with Crippen molar-refractivity contribution in [3.05, 3.63) is 88.3 Å². The Hall–Kier alpha value is -3.83. The van der Waals surface area contributed by atoms with E-state index >= 15 is 0 Å². The largest absolute Gasteiger partial charge is 0.478 e. The Kier molecular flexibility index (Phi) is 7.13. The van der Waals surface area contributed by atoms with Gasteiger partial charge in [0.2, 0.25) is 5.95 Å². The summed E-state index contributed by atoms with van der Waals surface area (Å²) in [5.74, 6) is -1.07. The molecule has 2 aromatic heterocycles. The molecule has 1 aliphatic carbocycles. The standard InChI is InChI=1S/C28H25F3N4O3S/c1-16-11-20(13-21(12-16)34-26-32-10-8-23(35-26)28(29,30)31)22-15-33-25(39-22)27(38)9-2-3-19(14-27)17-4-6-18(7-5-17)24(36)37/h4-8,10-13,15,19,38H,2-3,9,14H2,1H3,(H,36,37)(H,32,34,35). The Morgan fingerprint density at radius 2 is 1.90 bits per heavy atom. The predicted molar refractivity (Wildman–Crippen MR) is 141 cm³/mol. The molecule has 0 bridgehead atoms. The number of nitrogens with zero attached hydrogens (tertiary/aromatic N) is 3. The lowest BCUT2D eigenvalue weighted by Crippen LogP contribution is -2.31. The van der Waals surface area contributed by atoms with Gasteiger partial charge in [0, 0.05) is 18.1 Å². The van der Waals surface area contributed by atoms with Crippen molar-refractivity contribution < 1.29 is 28.2 Å². The first kappa shape index (κ1) is 26.8. The van der Waals surface area contributed by atoms with Crippen molar-refractivity contribution >= 4 is 28.9 Å². The van der Waals surface area contributed by atoms with Crippen LogP contribution in [0.5, 0.6) is 0 Å². The lowest BCUT2D eigenvalue weighted by atomic mass is 9.75. The second-order valence-electron chi connectivity index (χ2n) is 9.76. The first-order valence-corrected chi connectivity index (χ1v) is 13.1. The maximum atomic E-state index is 13.0. The molecule has 4 aromatic rings. The number of thiazole rings is 1. The average molecular weight is 555 g/mol. The molecule has 7 nitrogen and oxygen atoms in total. The number of carbonyl (C=O) groups is 1. The minimum atomic E-state index is -4.57. The summed E-state index contributed by atoms with van der Waals surface area (Å²) in [5.41, 5.74) is 1.26. The van der Waals surface area contributed by atoms with Crippen LogP contribution in [0, 0.1) is 6.92 Å². The number of aromatic carboxylic acids is 1. The van der Waals surface area contributed by atoms with Crippen LogP contribution in [0.25, 0.3) is 10.4 Å². The monoisotopic (exact) mass is 554 g/mol. The summed E-state index contributed by atoms with van der Waals surface area (Å²) in [4.78, 5) is 24.0. The predicted octanol–water partition coefficient (Wildman–Crippen LogP) is 6.91. The number of aryl methyl sites for hydroxylation is 1. The molecule has 1 aliphatic rings. The Bertz CT molecular complexity index is 1510. The lowest BCUT2D eigenvalue weighted by molar-refractivity contribution is -0.141. The Balaban J connectivity index is 1.36. The number of carboxylic acid groups (broad SMARTS) is 1. The van der Waals surface area contributed by atoms with Crippen LogP contribution < -0.4 is 5.32 Å². The topological polar surface area (TPSA) is 108 Å². The third-order valence-electron chi connectivity index (χ3n) is 6.82. The molecule has 2 unspecified atom stereocenters. The van der Waals surface area contributed by atoms with Gasteiger partial charge in [0.1, 0.15) is 16.3 Å². The summed E-state index contributed by atoms with van der Waals surface area (Å²) in [6, 6.07) is 13.1. The minimum absolute atomic E-state index is 0.0705. The van der Waals surface area contributed by atoms with Gasteiger partial charge in [0.25, 0.3) is 0 Å². The quantitative estimate of drug-likeness (QED) is 0.238. The summed E-state index contributed by atoms with van der Waals surface area (Å²) >= 11 is 1.38. The summed E-state index contributed by atoms with van der Waals surface area (Å²) in [7, 11) is 0. The zero-order chi connectivity index (χ0) is 27.8. The second kappa shape index (κ2) is 10.4. The maximum absolute atomic E-state index is 13.0. The number of hydrogen-bond donors (Lipinski definition) is 3. The molecule has 1 fully saturated rings. The van der Waals surface area contributed by atoms with E-state index in [0.717, 1.165) is 46.7 Å². The Labute approximate surface area is 226 Å². The number of aromatic nitrogens is 3. The fourth-order valence-corrected chi connectivity index (χ4v) is 5.99. The third kappa shape index (κ3) is 5.94. The molecule has 1 saturated carbocycles. The van der Waals surface area contributed by atoms with E-state index in [2.05, 4.69) is 20.3 Å². The molecule has 5 rings (SSSR count). The molecule has 0 spiro atoms. The third-order valence-corrected chi connectivity index (χ3v) is 8.06. The van der Waals surface area contributed by atoms with Crippen LogP contribution in [0.15, 0.2) is 60.9 Å². The molecule has 11 heteroatoms. The number of alkyl halides is 3. The number of anilines is 2. The van der Waals surface area contributed by atoms with Crippen LogP contribution in [0.3, 0.4) is 0 Å². The van der Waals surface area contributed by atoms with Gasteiger partial charge in [-0.15, -0.1) is 11.3 Å². The van der Waals surface area contributed by atoms with Crippen molar-refractivity contribution in [2.75, 3.05) is 5.32 Å². The van der Waals surface area contributed by atoms with Crippen molar-refractivity contribution in [1.29, 1.82) is 0 Å². The zero-order valence-corrected chi connectivity index (χ0v) is 21.7. The van der Waals surface area contributed by atoms with Gasteiger partial charge >= 0.3 is 12.1 Å². The van der Waals surface area contributed by atoms with E-state index in [1.165, 1.54) is 11.3 Å². The molecule has 3 N–H and O–H groups in total. The van der Waals surface area contributed by atoms with Gasteiger partial charge < -0.3 is 15.5 Å². The van der Waals surface area contributed by atoms with E-state index in [1.807, 2.05) is 25.1 Å². The first-order chi connectivity index (χ1) is 18.5. The van der Waals surface area contributed by atoms with Crippen LogP contribution in [0.2, 0.25) is 0 Å². The van der Waals surface area contributed by atoms with Crippen molar-refractivity contribution in [2.24, 2.45) is 0 Å². The molecule has 2 aromatic carbocycles. The maximum Gasteiger partial charge on any atom is 0.433 e. The molecule has 0 amide bonds. The van der Waals surface area contributed by atoms with Crippen molar-refractivity contribution in [1.82, 2.24) is 15.0 Å². The molecule has 0 radical (unpaired) electrons. The molecule has 2 atom stereocenters. The summed E-state index contributed by atoms with van der Waals surface area (Å²) in [6.07, 6.45) is 0.906. The number of carboxylic acids is 1. The number of benzene rings is 2. The van der Waals surface area contributed by atoms with Gasteiger partial charge in [0.15, 0.2) is 0 Å². The fourth-order valence-electron chi connectivity index (χ4n) is 4.96. The zero-order valence-electron chi connectivity index (χ0n) is 20.9. The molecule has 0 aliphatic heterocycles. The SMILES string of the molecule is Cc1cc(Nc2nccc(C(F)(F)F)n2)cc(-c2cnc(C3(O)CCCC(c4ccc(C(=O)O)cc4)C3)s2)c1. The minimum Gasteiger partial charge on any atom is -0.478 e. The first-order valence-electron chi connectivity index (χ1n) is 12.3. The number of hydrogen-bond acceptors (Lipinski definition) is 7. The molecule has 202 valence electrons. The normalized spacial score (nSPS) is 19.6. The summed E-state index contributed by atoms with van der Waals surface area (Å²) < 4.78 is 39.1. The smallest absolute Gasteiger partial charge is 0.433 e. The lowest BCUT2D eigenvalue weighted by Gasteiger charge is -2.35. The Morgan fingerprint density at radius 1 is 1.13 bits per heavy atom. The fraction of sp³-hybridized carbons (Fsp3) is 0.286. The van der Waals surface area contributed by atoms with Crippen molar-refractivity contribution in [3.63, 3.8) is 0 Å².